The summed E-state index contributed by atoms with van der Waals surface area (Å²) >= 11 is 10.1. The monoisotopic (exact) mass is 1190 g/mol. The van der Waals surface area contributed by atoms with Crippen molar-refractivity contribution in [2.75, 3.05) is 36.2 Å². The zero-order chi connectivity index (χ0) is 59.1. The lowest BCUT2D eigenvalue weighted by Crippen LogP contribution is -2.53. The molecule has 2 saturated heterocycles. The number of carbonyl (C=O) groups is 8. The average Bonchev–Trinajstić information content (AvgIpc) is 4.17. The predicted molar refractivity (Wildman–Crippen MR) is 310 cm³/mol. The second kappa shape index (κ2) is 29.8. The number of halogens is 2. The molecule has 5 amide bonds. The minimum atomic E-state index is -1.62. The van der Waals surface area contributed by atoms with Crippen molar-refractivity contribution in [3.05, 3.63) is 94.1 Å². The van der Waals surface area contributed by atoms with Gasteiger partial charge < -0.3 is 45.3 Å². The fourth-order valence-electron chi connectivity index (χ4n) is 10.5. The molecule has 3 heterocycles. The fourth-order valence-corrected chi connectivity index (χ4v) is 11.1. The number of hydrogen-bond donors (Lipinski definition) is 5. The molecule has 6 N–H and O–H groups in total. The third-order valence-electron chi connectivity index (χ3n) is 15.5. The van der Waals surface area contributed by atoms with Gasteiger partial charge in [-0.3, -0.25) is 34.1 Å². The number of nitrogens with one attached hydrogen (secondary N) is 3. The summed E-state index contributed by atoms with van der Waals surface area (Å²) < 4.78 is 24.0. The number of amides is 5. The number of ketones is 3. The molecule has 2 aromatic rings. The number of epoxide rings is 1. The van der Waals surface area contributed by atoms with E-state index >= 15 is 0 Å². The number of alkyl halides is 1. The summed E-state index contributed by atoms with van der Waals surface area (Å²) in [5.41, 5.74) is 6.85. The van der Waals surface area contributed by atoms with Crippen LogP contribution in [0.4, 0.5) is 21.0 Å². The minimum absolute atomic E-state index is 0.00572. The van der Waals surface area contributed by atoms with Gasteiger partial charge in [0.15, 0.2) is 11.6 Å². The second-order valence-corrected chi connectivity index (χ2v) is 23.2. The molecule has 0 aromatic heterocycles. The highest BCUT2D eigenvalue weighted by atomic mass is 79.9. The van der Waals surface area contributed by atoms with Crippen LogP contribution in [0, 0.1) is 24.7 Å². The van der Waals surface area contributed by atoms with Crippen molar-refractivity contribution < 1.29 is 62.4 Å². The Hall–Kier alpha value is -5.73. The maximum atomic E-state index is 14.4. The van der Waals surface area contributed by atoms with Crippen LogP contribution in [0.15, 0.2) is 72.4 Å². The van der Waals surface area contributed by atoms with Crippen molar-refractivity contribution >= 4 is 86.2 Å². The van der Waals surface area contributed by atoms with Crippen molar-refractivity contribution in [1.29, 1.82) is 0 Å². The predicted octanol–water partition coefficient (Wildman–Crippen LogP) is 9.06. The van der Waals surface area contributed by atoms with Gasteiger partial charge in [0.2, 0.25) is 11.8 Å². The highest BCUT2D eigenvalue weighted by Crippen LogP contribution is 2.50. The van der Waals surface area contributed by atoms with Crippen LogP contribution in [0.3, 0.4) is 0 Å². The number of aliphatic hydroxyl groups is 1. The number of anilines is 2. The molecule has 5 rings (SSSR count). The molecule has 80 heavy (non-hydrogen) atoms. The van der Waals surface area contributed by atoms with Gasteiger partial charge in [-0.1, -0.05) is 110 Å². The first-order valence-corrected chi connectivity index (χ1v) is 29.0. The highest BCUT2D eigenvalue weighted by Gasteiger charge is 2.64. The number of urea groups is 1. The molecule has 9 atom stereocenters. The van der Waals surface area contributed by atoms with Gasteiger partial charge in [-0.15, -0.1) is 0 Å². The molecular weight excluding hydrogens is 1110 g/mol. The molecule has 2 aromatic carbocycles. The van der Waals surface area contributed by atoms with Crippen LogP contribution in [0.25, 0.3) is 0 Å². The van der Waals surface area contributed by atoms with E-state index in [0.717, 1.165) is 29.5 Å². The molecule has 0 unspecified atom stereocenters. The number of primary amides is 1. The Morgan fingerprint density at radius 1 is 1.02 bits per heavy atom. The van der Waals surface area contributed by atoms with Crippen LogP contribution >= 0.6 is 27.5 Å². The average molecular weight is 1200 g/mol. The Balaban J connectivity index is 1.29. The van der Waals surface area contributed by atoms with E-state index in [4.69, 9.17) is 36.3 Å². The maximum Gasteiger partial charge on any atom is 0.412 e. The Morgan fingerprint density at radius 3 is 2.36 bits per heavy atom. The molecule has 2 fully saturated rings. The van der Waals surface area contributed by atoms with E-state index in [1.54, 1.807) is 50.4 Å². The number of benzene rings is 2. The number of aryl methyl sites for hydroxylation is 1. The summed E-state index contributed by atoms with van der Waals surface area (Å²) in [6, 6.07) is 8.54. The van der Waals surface area contributed by atoms with Gasteiger partial charge in [0, 0.05) is 75.7 Å². The second-order valence-electron chi connectivity index (χ2n) is 22.2. The third-order valence-corrected chi connectivity index (χ3v) is 16.6. The van der Waals surface area contributed by atoms with Gasteiger partial charge in [0.05, 0.1) is 35.7 Å². The molecular formula is C60H81BrClN5O13. The quantitative estimate of drug-likeness (QED) is 0.0216. The van der Waals surface area contributed by atoms with E-state index in [1.807, 2.05) is 52.8 Å². The number of nitrogens with zero attached hydrogens (tertiary/aromatic N) is 1. The van der Waals surface area contributed by atoms with Crippen molar-refractivity contribution in [1.82, 2.24) is 10.6 Å². The van der Waals surface area contributed by atoms with Crippen molar-refractivity contribution in [2.24, 2.45) is 23.5 Å². The summed E-state index contributed by atoms with van der Waals surface area (Å²) in [7, 11) is 3.06. The first-order valence-electron chi connectivity index (χ1n) is 27.5. The molecule has 3 aliphatic heterocycles. The van der Waals surface area contributed by atoms with Crippen molar-refractivity contribution in [3.8, 4) is 0 Å². The zero-order valence-corrected chi connectivity index (χ0v) is 49.8. The summed E-state index contributed by atoms with van der Waals surface area (Å²) in [5, 5.41) is 20.9. The van der Waals surface area contributed by atoms with Gasteiger partial charge in [-0.25, -0.2) is 9.59 Å². The SMILES string of the molecule is C=C(CBr)C(=O)CCCCCCC(=O)C[C@H](C(=O)N[C@@H](CCCNC(N)=O)C(=O)Cc1ccc(NC(=O)O[C@H]2CC(=O)N(C)c3cc(cc(C)c3Cl)C/C(C)=C/C=C/[C@@H](OC)[C@]3(O)CC(=O)O[C@@H](C3)[C@@H](C)[C@@H]3O[C@@]23C)cc1)C(C)C. The number of fused-ring (bicyclic) bond motifs is 5. The van der Waals surface area contributed by atoms with E-state index in [2.05, 4.69) is 38.5 Å². The van der Waals surface area contributed by atoms with Gasteiger partial charge in [-0.05, 0) is 99.3 Å². The summed E-state index contributed by atoms with van der Waals surface area (Å²) in [6.07, 6.45) is 4.80. The molecule has 18 nitrogen and oxygen atoms in total. The summed E-state index contributed by atoms with van der Waals surface area (Å²) in [6.45, 7) is 14.9. The number of methoxy groups -OCH3 is 1. The number of esters is 1. The van der Waals surface area contributed by atoms with Gasteiger partial charge in [0.25, 0.3) is 0 Å². The van der Waals surface area contributed by atoms with Gasteiger partial charge >= 0.3 is 18.1 Å². The highest BCUT2D eigenvalue weighted by molar-refractivity contribution is 9.09. The Labute approximate surface area is 483 Å². The van der Waals surface area contributed by atoms with E-state index in [0.29, 0.717) is 71.4 Å². The minimum Gasteiger partial charge on any atom is -0.462 e. The van der Waals surface area contributed by atoms with Crippen LogP contribution in [0.2, 0.25) is 5.02 Å². The van der Waals surface area contributed by atoms with E-state index in [1.165, 1.54) is 12.0 Å². The van der Waals surface area contributed by atoms with E-state index in [-0.39, 0.29) is 68.3 Å². The lowest BCUT2D eigenvalue weighted by molar-refractivity contribution is -0.187. The molecule has 3 aliphatic rings. The van der Waals surface area contributed by atoms with Gasteiger partial charge in [0.1, 0.15) is 35.3 Å². The lowest BCUT2D eigenvalue weighted by Gasteiger charge is -2.41. The molecule has 20 heteroatoms. The third kappa shape index (κ3) is 18.4. The van der Waals surface area contributed by atoms with Crippen LogP contribution in [-0.2, 0) is 60.6 Å². The van der Waals surface area contributed by atoms with E-state index < -0.39 is 83.4 Å². The number of hydrogen-bond acceptors (Lipinski definition) is 13. The molecule has 4 bridgehead atoms. The number of Topliss-reactive ketones (excluding diaryl/α,β-unsaturated/α-hetero) is 3. The van der Waals surface area contributed by atoms with Crippen LogP contribution in [0.5, 0.6) is 0 Å². The molecule has 0 saturated carbocycles. The molecule has 0 radical (unpaired) electrons. The summed E-state index contributed by atoms with van der Waals surface area (Å²) in [5.74, 6) is -3.28. The fraction of sp³-hybridized carbons (Fsp3) is 0.567. The standard InChI is InChI=1S/C60H81BrClN5O13/c1-35(2)44(30-43(68)17-12-10-11-13-19-47(69)38(5)34-61)56(73)66-45(18-15-25-64-57(63)74)48(70)29-40-21-23-42(24-22-40)65-58(75)79-51-31-52(71)67(8)46-28-41(27-37(4)54(46)62)26-36(3)16-14-20-50(77-9)60(76)32-49(78-53(72)33-60)39(6)55-59(51,7)80-55/h14,16,20-24,27-28,35,39,44-45,49-51,55,76H,5,10-13,15,17-19,25-26,29-34H2,1-4,6-9H3,(H,65,75)(H,66,73)(H3,63,64,74)/b20-14+,36-16+/t39-,44+,45+,49+,50-,51+,55+,59+,60-/m1/s1. The van der Waals surface area contributed by atoms with Crippen LogP contribution in [-0.4, -0.2) is 120 Å². The number of carbonyl (C=O) groups excluding carboxylic acids is 8. The number of rotatable bonds is 24. The topological polar surface area (TPSA) is 262 Å². The first kappa shape index (κ1) is 65.1. The number of ether oxygens (including phenoxy) is 4. The number of unbranched alkanes of at least 4 members (excludes halogenated alkanes) is 3. The Bertz CT molecular complexity index is 2660. The van der Waals surface area contributed by atoms with Crippen molar-refractivity contribution in [3.63, 3.8) is 0 Å². The smallest absolute Gasteiger partial charge is 0.412 e. The first-order chi connectivity index (χ1) is 37.8. The van der Waals surface area contributed by atoms with Crippen LogP contribution in [0.1, 0.15) is 128 Å². The summed E-state index contributed by atoms with van der Waals surface area (Å²) in [4.78, 5) is 107. The maximum absolute atomic E-state index is 14.4. The number of nitrogens with two attached hydrogens (primary N) is 1. The lowest BCUT2D eigenvalue weighted by atomic mass is 9.78. The van der Waals surface area contributed by atoms with E-state index in [9.17, 15) is 43.5 Å². The molecule has 438 valence electrons. The normalized spacial score (nSPS) is 24.9. The largest absolute Gasteiger partial charge is 0.462 e. The Morgan fingerprint density at radius 2 is 1.71 bits per heavy atom. The zero-order valence-electron chi connectivity index (χ0n) is 47.5. The Kier molecular flexibility index (Phi) is 24.3. The van der Waals surface area contributed by atoms with Crippen LogP contribution < -0.4 is 26.6 Å². The number of allylic oxidation sites excluding steroid dienone is 4. The van der Waals surface area contributed by atoms with Gasteiger partial charge in [-0.2, -0.15) is 0 Å². The molecule has 0 spiro atoms. The molecule has 0 aliphatic carbocycles. The van der Waals surface area contributed by atoms with Crippen molar-refractivity contribution in [2.45, 2.75) is 173 Å².